The Morgan fingerprint density at radius 3 is 2.95 bits per heavy atom. The molecule has 0 aliphatic carbocycles. The standard InChI is InChI=1S/C16H20N4O2/c1-2-14-18-15(19-22-14)12-7-6-10-20(11-12)16(21)17-13-8-4-3-5-9-13/h3-5,8-9,12H,2,6-7,10-11H2,1H3,(H,17,21)/t12-/m1/s1. The van der Waals surface area contributed by atoms with Gasteiger partial charge in [-0.05, 0) is 25.0 Å². The van der Waals surface area contributed by atoms with Gasteiger partial charge in [0.1, 0.15) is 0 Å². The Morgan fingerprint density at radius 2 is 2.23 bits per heavy atom. The predicted molar refractivity (Wildman–Crippen MR) is 82.7 cm³/mol. The molecule has 0 bridgehead atoms. The molecule has 1 aromatic heterocycles. The third-order valence-corrected chi connectivity index (χ3v) is 3.89. The average Bonchev–Trinajstić information content (AvgIpc) is 3.05. The van der Waals surface area contributed by atoms with Gasteiger partial charge in [-0.25, -0.2) is 4.79 Å². The van der Waals surface area contributed by atoms with Gasteiger partial charge in [0.05, 0.1) is 0 Å². The van der Waals surface area contributed by atoms with Crippen LogP contribution in [0.4, 0.5) is 10.5 Å². The van der Waals surface area contributed by atoms with Crippen LogP contribution < -0.4 is 5.32 Å². The van der Waals surface area contributed by atoms with Crippen LogP contribution in [0.5, 0.6) is 0 Å². The molecule has 116 valence electrons. The van der Waals surface area contributed by atoms with E-state index in [1.807, 2.05) is 42.2 Å². The summed E-state index contributed by atoms with van der Waals surface area (Å²) in [5, 5.41) is 6.97. The highest BCUT2D eigenvalue weighted by Crippen LogP contribution is 2.25. The molecule has 2 heterocycles. The predicted octanol–water partition coefficient (Wildman–Crippen LogP) is 3.04. The van der Waals surface area contributed by atoms with Gasteiger partial charge in [-0.2, -0.15) is 4.98 Å². The summed E-state index contributed by atoms with van der Waals surface area (Å²) in [5.41, 5.74) is 0.808. The number of likely N-dealkylation sites (tertiary alicyclic amines) is 1. The minimum absolute atomic E-state index is 0.0740. The number of hydrogen-bond acceptors (Lipinski definition) is 4. The summed E-state index contributed by atoms with van der Waals surface area (Å²) < 4.78 is 5.18. The summed E-state index contributed by atoms with van der Waals surface area (Å²) in [5.74, 6) is 1.52. The highest BCUT2D eigenvalue weighted by molar-refractivity contribution is 5.89. The highest BCUT2D eigenvalue weighted by atomic mass is 16.5. The monoisotopic (exact) mass is 300 g/mol. The average molecular weight is 300 g/mol. The number of nitrogens with one attached hydrogen (secondary N) is 1. The lowest BCUT2D eigenvalue weighted by Crippen LogP contribution is -2.41. The van der Waals surface area contributed by atoms with Crippen molar-refractivity contribution in [1.82, 2.24) is 15.0 Å². The second-order valence-corrected chi connectivity index (χ2v) is 5.48. The molecular weight excluding hydrogens is 280 g/mol. The van der Waals surface area contributed by atoms with Crippen LogP contribution >= 0.6 is 0 Å². The summed E-state index contributed by atoms with van der Waals surface area (Å²) in [7, 11) is 0. The van der Waals surface area contributed by atoms with E-state index in [2.05, 4.69) is 15.5 Å². The number of nitrogens with zero attached hydrogens (tertiary/aromatic N) is 3. The summed E-state index contributed by atoms with van der Waals surface area (Å²) >= 11 is 0. The van der Waals surface area contributed by atoms with E-state index in [9.17, 15) is 4.79 Å². The Labute approximate surface area is 129 Å². The maximum absolute atomic E-state index is 12.4. The maximum Gasteiger partial charge on any atom is 0.321 e. The first-order valence-corrected chi connectivity index (χ1v) is 7.69. The first-order valence-electron chi connectivity index (χ1n) is 7.69. The summed E-state index contributed by atoms with van der Waals surface area (Å²) in [6, 6.07) is 9.42. The zero-order chi connectivity index (χ0) is 15.4. The third kappa shape index (κ3) is 3.27. The minimum Gasteiger partial charge on any atom is -0.339 e. The van der Waals surface area contributed by atoms with Crippen LogP contribution in [0.25, 0.3) is 0 Å². The Bertz CT molecular complexity index is 626. The van der Waals surface area contributed by atoms with Gasteiger partial charge < -0.3 is 14.7 Å². The fourth-order valence-corrected chi connectivity index (χ4v) is 2.67. The molecular formula is C16H20N4O2. The summed E-state index contributed by atoms with van der Waals surface area (Å²) in [6.07, 6.45) is 2.67. The minimum atomic E-state index is -0.0740. The van der Waals surface area contributed by atoms with Crippen molar-refractivity contribution < 1.29 is 9.32 Å². The van der Waals surface area contributed by atoms with Gasteiger partial charge in [0.25, 0.3) is 0 Å². The quantitative estimate of drug-likeness (QED) is 0.945. The van der Waals surface area contributed by atoms with E-state index in [-0.39, 0.29) is 11.9 Å². The molecule has 0 radical (unpaired) electrons. The van der Waals surface area contributed by atoms with E-state index in [0.29, 0.717) is 18.3 Å². The zero-order valence-corrected chi connectivity index (χ0v) is 12.7. The molecule has 1 aromatic carbocycles. The Kier molecular flexibility index (Phi) is 4.37. The fourth-order valence-electron chi connectivity index (χ4n) is 2.67. The summed E-state index contributed by atoms with van der Waals surface area (Å²) in [4.78, 5) is 18.6. The molecule has 6 nitrogen and oxygen atoms in total. The number of rotatable bonds is 3. The molecule has 1 atom stereocenters. The lowest BCUT2D eigenvalue weighted by molar-refractivity contribution is 0.190. The molecule has 1 fully saturated rings. The molecule has 0 unspecified atom stereocenters. The molecule has 0 saturated carbocycles. The van der Waals surface area contributed by atoms with Crippen LogP contribution in [0.3, 0.4) is 0 Å². The number of piperidine rings is 1. The van der Waals surface area contributed by atoms with Gasteiger partial charge in [0.2, 0.25) is 5.89 Å². The van der Waals surface area contributed by atoms with E-state index in [0.717, 1.165) is 31.5 Å². The third-order valence-electron chi connectivity index (χ3n) is 3.89. The molecule has 1 N–H and O–H groups in total. The normalized spacial score (nSPS) is 18.2. The number of hydrogen-bond donors (Lipinski definition) is 1. The SMILES string of the molecule is CCc1nc([C@@H]2CCCN(C(=O)Nc3ccccc3)C2)no1. The van der Waals surface area contributed by atoms with E-state index >= 15 is 0 Å². The molecule has 1 aliphatic heterocycles. The van der Waals surface area contributed by atoms with E-state index in [4.69, 9.17) is 4.52 Å². The second kappa shape index (κ2) is 6.60. The number of aromatic nitrogens is 2. The molecule has 0 spiro atoms. The Balaban J connectivity index is 1.63. The maximum atomic E-state index is 12.4. The van der Waals surface area contributed by atoms with Gasteiger partial charge in [0, 0.05) is 31.1 Å². The van der Waals surface area contributed by atoms with Gasteiger partial charge in [-0.15, -0.1) is 0 Å². The highest BCUT2D eigenvalue weighted by Gasteiger charge is 2.27. The number of para-hydroxylation sites is 1. The van der Waals surface area contributed by atoms with Gasteiger partial charge in [-0.1, -0.05) is 30.3 Å². The Hall–Kier alpha value is -2.37. The number of aryl methyl sites for hydroxylation is 1. The van der Waals surface area contributed by atoms with Crippen molar-refractivity contribution in [2.45, 2.75) is 32.1 Å². The molecule has 3 rings (SSSR count). The number of anilines is 1. The van der Waals surface area contributed by atoms with Crippen LogP contribution in [-0.4, -0.2) is 34.2 Å². The van der Waals surface area contributed by atoms with Crippen LogP contribution in [0.15, 0.2) is 34.9 Å². The first-order chi connectivity index (χ1) is 10.8. The van der Waals surface area contributed by atoms with E-state index in [1.54, 1.807) is 0 Å². The molecule has 6 heteroatoms. The molecule has 1 aliphatic rings. The molecule has 1 saturated heterocycles. The second-order valence-electron chi connectivity index (χ2n) is 5.48. The Morgan fingerprint density at radius 1 is 1.41 bits per heavy atom. The van der Waals surface area contributed by atoms with Gasteiger partial charge in [-0.3, -0.25) is 0 Å². The smallest absolute Gasteiger partial charge is 0.321 e. The van der Waals surface area contributed by atoms with Crippen molar-refractivity contribution in [3.8, 4) is 0 Å². The van der Waals surface area contributed by atoms with Gasteiger partial charge in [0.15, 0.2) is 5.82 Å². The number of amides is 2. The van der Waals surface area contributed by atoms with Gasteiger partial charge >= 0.3 is 6.03 Å². The fraction of sp³-hybridized carbons (Fsp3) is 0.438. The number of urea groups is 1. The topological polar surface area (TPSA) is 71.3 Å². The summed E-state index contributed by atoms with van der Waals surface area (Å²) in [6.45, 7) is 3.37. The number of carbonyl (C=O) groups excluding carboxylic acids is 1. The first kappa shape index (κ1) is 14.6. The van der Waals surface area contributed by atoms with Crippen LogP contribution in [0, 0.1) is 0 Å². The van der Waals surface area contributed by atoms with Crippen molar-refractivity contribution in [1.29, 1.82) is 0 Å². The molecule has 22 heavy (non-hydrogen) atoms. The van der Waals surface area contributed by atoms with Crippen molar-refractivity contribution in [2.75, 3.05) is 18.4 Å². The lowest BCUT2D eigenvalue weighted by atomic mass is 9.97. The zero-order valence-electron chi connectivity index (χ0n) is 12.7. The molecule has 2 amide bonds. The largest absolute Gasteiger partial charge is 0.339 e. The van der Waals surface area contributed by atoms with Crippen molar-refractivity contribution in [2.24, 2.45) is 0 Å². The van der Waals surface area contributed by atoms with E-state index in [1.165, 1.54) is 0 Å². The van der Waals surface area contributed by atoms with Crippen molar-refractivity contribution >= 4 is 11.7 Å². The van der Waals surface area contributed by atoms with Crippen LogP contribution in [-0.2, 0) is 6.42 Å². The van der Waals surface area contributed by atoms with Crippen molar-refractivity contribution in [3.05, 3.63) is 42.0 Å². The number of benzene rings is 1. The molecule has 2 aromatic rings. The van der Waals surface area contributed by atoms with Crippen molar-refractivity contribution in [3.63, 3.8) is 0 Å². The van der Waals surface area contributed by atoms with E-state index < -0.39 is 0 Å². The number of carbonyl (C=O) groups is 1. The lowest BCUT2D eigenvalue weighted by Gasteiger charge is -2.31. The van der Waals surface area contributed by atoms with Crippen LogP contribution in [0.1, 0.15) is 37.4 Å². The van der Waals surface area contributed by atoms with Crippen LogP contribution in [0.2, 0.25) is 0 Å².